The van der Waals surface area contributed by atoms with E-state index in [1.807, 2.05) is 36.9 Å². The van der Waals surface area contributed by atoms with Crippen LogP contribution in [0, 0.1) is 0 Å². The summed E-state index contributed by atoms with van der Waals surface area (Å²) in [6, 6.07) is 7.86. The third-order valence-corrected chi connectivity index (χ3v) is 3.41. The summed E-state index contributed by atoms with van der Waals surface area (Å²) < 4.78 is 5.36. The van der Waals surface area contributed by atoms with Crippen molar-refractivity contribution in [3.63, 3.8) is 0 Å². The number of nitrogens with zero attached hydrogens (tertiary/aromatic N) is 2. The maximum Gasteiger partial charge on any atom is 0.248 e. The van der Waals surface area contributed by atoms with E-state index in [1.54, 1.807) is 0 Å². The number of amides is 1. The van der Waals surface area contributed by atoms with Crippen LogP contribution in [0.4, 0.5) is 11.4 Å². The molecule has 0 unspecified atom stereocenters. The molecule has 2 rings (SSSR count). The van der Waals surface area contributed by atoms with E-state index in [0.29, 0.717) is 0 Å². The number of carbonyl (C=O) groups excluding carboxylic acids is 1. The first-order chi connectivity index (χ1) is 9.56. The van der Waals surface area contributed by atoms with Crippen LogP contribution in [0.2, 0.25) is 0 Å². The number of rotatable bonds is 4. The van der Waals surface area contributed by atoms with Gasteiger partial charge in [0.1, 0.15) is 6.61 Å². The number of hydrogen-bond donors (Lipinski definition) is 1. The Morgan fingerprint density at radius 3 is 2.60 bits per heavy atom. The van der Waals surface area contributed by atoms with Crippen molar-refractivity contribution in [3.8, 4) is 0 Å². The van der Waals surface area contributed by atoms with E-state index in [-0.39, 0.29) is 18.6 Å². The van der Waals surface area contributed by atoms with Crippen LogP contribution in [-0.4, -0.2) is 49.7 Å². The molecule has 2 N–H and O–H groups in total. The molecule has 0 aliphatic carbocycles. The fraction of sp³-hybridized carbons (Fsp3) is 0.533. The van der Waals surface area contributed by atoms with E-state index < -0.39 is 0 Å². The van der Waals surface area contributed by atoms with Crippen molar-refractivity contribution in [2.75, 3.05) is 43.4 Å². The molecule has 1 aliphatic heterocycles. The molecule has 1 fully saturated rings. The lowest BCUT2D eigenvalue weighted by atomic mass is 10.2. The Hall–Kier alpha value is -1.75. The maximum atomic E-state index is 12.0. The van der Waals surface area contributed by atoms with Crippen LogP contribution >= 0.6 is 0 Å². The largest absolute Gasteiger partial charge is 0.399 e. The summed E-state index contributed by atoms with van der Waals surface area (Å²) in [6.07, 6.45) is 0.0903. The average Bonchev–Trinajstić information content (AvgIpc) is 2.45. The number of hydrogen-bond acceptors (Lipinski definition) is 4. The van der Waals surface area contributed by atoms with Gasteiger partial charge in [-0.1, -0.05) is 6.07 Å². The molecule has 0 spiro atoms. The minimum absolute atomic E-state index is 0.0749. The molecule has 0 bridgehead atoms. The van der Waals surface area contributed by atoms with Crippen molar-refractivity contribution in [2.24, 2.45) is 0 Å². The Bertz CT molecular complexity index is 454. The van der Waals surface area contributed by atoms with E-state index in [4.69, 9.17) is 10.5 Å². The van der Waals surface area contributed by atoms with E-state index in [0.717, 1.165) is 37.6 Å². The molecule has 1 saturated heterocycles. The van der Waals surface area contributed by atoms with Crippen molar-refractivity contribution >= 4 is 17.3 Å². The predicted octanol–water partition coefficient (Wildman–Crippen LogP) is 1.34. The van der Waals surface area contributed by atoms with E-state index >= 15 is 0 Å². The molecule has 20 heavy (non-hydrogen) atoms. The van der Waals surface area contributed by atoms with Gasteiger partial charge < -0.3 is 20.3 Å². The molecule has 5 nitrogen and oxygen atoms in total. The summed E-state index contributed by atoms with van der Waals surface area (Å²) >= 11 is 0. The van der Waals surface area contributed by atoms with Gasteiger partial charge in [0.15, 0.2) is 0 Å². The summed E-state index contributed by atoms with van der Waals surface area (Å²) in [6.45, 7) is 7.17. The highest BCUT2D eigenvalue weighted by Crippen LogP contribution is 2.19. The minimum Gasteiger partial charge on any atom is -0.399 e. The molecule has 1 heterocycles. The van der Waals surface area contributed by atoms with Gasteiger partial charge in [0.25, 0.3) is 0 Å². The lowest BCUT2D eigenvalue weighted by molar-refractivity contribution is -0.137. The molecule has 1 aromatic rings. The Kier molecular flexibility index (Phi) is 4.84. The normalized spacial score (nSPS) is 15.8. The third-order valence-electron chi connectivity index (χ3n) is 3.41. The standard InChI is InChI=1S/C15H23N3O2/c1-12(2)20-11-15(19)18-8-6-17(7-9-18)14-5-3-4-13(16)10-14/h3-5,10,12H,6-9,11,16H2,1-2H3. The average molecular weight is 277 g/mol. The third kappa shape index (κ3) is 3.87. The zero-order chi connectivity index (χ0) is 14.5. The van der Waals surface area contributed by atoms with Gasteiger partial charge in [0.05, 0.1) is 6.10 Å². The van der Waals surface area contributed by atoms with E-state index in [1.165, 1.54) is 0 Å². The van der Waals surface area contributed by atoms with Crippen molar-refractivity contribution in [1.82, 2.24) is 4.90 Å². The van der Waals surface area contributed by atoms with Crippen molar-refractivity contribution < 1.29 is 9.53 Å². The number of ether oxygens (including phenoxy) is 1. The zero-order valence-electron chi connectivity index (χ0n) is 12.2. The molecule has 0 aromatic heterocycles. The Morgan fingerprint density at radius 1 is 1.30 bits per heavy atom. The van der Waals surface area contributed by atoms with Gasteiger partial charge in [-0.3, -0.25) is 4.79 Å². The number of benzene rings is 1. The van der Waals surface area contributed by atoms with Crippen molar-refractivity contribution in [1.29, 1.82) is 0 Å². The van der Waals surface area contributed by atoms with E-state index in [9.17, 15) is 4.79 Å². The molecule has 0 radical (unpaired) electrons. The topological polar surface area (TPSA) is 58.8 Å². The quantitative estimate of drug-likeness (QED) is 0.844. The highest BCUT2D eigenvalue weighted by atomic mass is 16.5. The molecule has 5 heteroatoms. The summed E-state index contributed by atoms with van der Waals surface area (Å²) in [5.74, 6) is 0.0749. The summed E-state index contributed by atoms with van der Waals surface area (Å²) in [5.41, 5.74) is 7.69. The van der Waals surface area contributed by atoms with Gasteiger partial charge in [-0.05, 0) is 32.0 Å². The maximum absolute atomic E-state index is 12.0. The second-order valence-corrected chi connectivity index (χ2v) is 5.32. The Morgan fingerprint density at radius 2 is 2.00 bits per heavy atom. The molecule has 1 aromatic carbocycles. The van der Waals surface area contributed by atoms with Crippen molar-refractivity contribution in [2.45, 2.75) is 20.0 Å². The smallest absolute Gasteiger partial charge is 0.248 e. The van der Waals surface area contributed by atoms with Crippen LogP contribution in [0.15, 0.2) is 24.3 Å². The molecular weight excluding hydrogens is 254 g/mol. The number of carbonyl (C=O) groups is 1. The summed E-state index contributed by atoms with van der Waals surface area (Å²) in [7, 11) is 0. The number of nitrogens with two attached hydrogens (primary N) is 1. The predicted molar refractivity (Wildman–Crippen MR) is 80.7 cm³/mol. The van der Waals surface area contributed by atoms with Crippen LogP contribution < -0.4 is 10.6 Å². The monoisotopic (exact) mass is 277 g/mol. The molecule has 0 atom stereocenters. The minimum atomic E-state index is 0.0749. The van der Waals surface area contributed by atoms with Crippen LogP contribution in [0.5, 0.6) is 0 Å². The van der Waals surface area contributed by atoms with Crippen LogP contribution in [0.1, 0.15) is 13.8 Å². The highest BCUT2D eigenvalue weighted by Gasteiger charge is 2.21. The summed E-state index contributed by atoms with van der Waals surface area (Å²) in [4.78, 5) is 16.1. The zero-order valence-corrected chi connectivity index (χ0v) is 12.2. The van der Waals surface area contributed by atoms with Crippen LogP contribution in [0.3, 0.4) is 0 Å². The van der Waals surface area contributed by atoms with Gasteiger partial charge in [0, 0.05) is 37.6 Å². The lowest BCUT2D eigenvalue weighted by Gasteiger charge is -2.36. The Labute approximate surface area is 120 Å². The van der Waals surface area contributed by atoms with Gasteiger partial charge >= 0.3 is 0 Å². The summed E-state index contributed by atoms with van der Waals surface area (Å²) in [5, 5.41) is 0. The van der Waals surface area contributed by atoms with Gasteiger partial charge in [0.2, 0.25) is 5.91 Å². The number of piperazine rings is 1. The van der Waals surface area contributed by atoms with Crippen molar-refractivity contribution in [3.05, 3.63) is 24.3 Å². The molecule has 1 amide bonds. The first kappa shape index (κ1) is 14.7. The first-order valence-electron chi connectivity index (χ1n) is 7.06. The van der Waals surface area contributed by atoms with E-state index in [2.05, 4.69) is 11.0 Å². The first-order valence-corrected chi connectivity index (χ1v) is 7.06. The second-order valence-electron chi connectivity index (χ2n) is 5.32. The lowest BCUT2D eigenvalue weighted by Crippen LogP contribution is -2.49. The number of nitrogen functional groups attached to an aromatic ring is 1. The molecule has 110 valence electrons. The molecule has 0 saturated carbocycles. The fourth-order valence-corrected chi connectivity index (χ4v) is 2.26. The van der Waals surface area contributed by atoms with Gasteiger partial charge in [-0.25, -0.2) is 0 Å². The Balaban J connectivity index is 1.84. The van der Waals surface area contributed by atoms with Gasteiger partial charge in [-0.2, -0.15) is 0 Å². The fourth-order valence-electron chi connectivity index (χ4n) is 2.26. The molecule has 1 aliphatic rings. The van der Waals surface area contributed by atoms with Crippen LogP contribution in [-0.2, 0) is 9.53 Å². The number of anilines is 2. The highest BCUT2D eigenvalue weighted by molar-refractivity contribution is 5.77. The van der Waals surface area contributed by atoms with Crippen LogP contribution in [0.25, 0.3) is 0 Å². The molecular formula is C15H23N3O2. The second kappa shape index (κ2) is 6.61. The SMILES string of the molecule is CC(C)OCC(=O)N1CCN(c2cccc(N)c2)CC1. The van der Waals surface area contributed by atoms with Gasteiger partial charge in [-0.15, -0.1) is 0 Å².